The van der Waals surface area contributed by atoms with E-state index in [1.807, 2.05) is 12.1 Å². The summed E-state index contributed by atoms with van der Waals surface area (Å²) in [4.78, 5) is 4.10. The Balaban J connectivity index is 2.24. The molecule has 1 aliphatic carbocycles. The molecule has 86 valence electrons. The second-order valence-electron chi connectivity index (χ2n) is 4.21. The van der Waals surface area contributed by atoms with Crippen LogP contribution in [0.15, 0.2) is 24.5 Å². The van der Waals surface area contributed by atoms with Crippen molar-refractivity contribution < 1.29 is 9.47 Å². The van der Waals surface area contributed by atoms with Gasteiger partial charge in [-0.3, -0.25) is 4.98 Å². The maximum absolute atomic E-state index is 7.61. The zero-order valence-electron chi connectivity index (χ0n) is 9.56. The SMILES string of the molecule is COC1(OC)CC(C=N)(c2cccnc2)C1. The van der Waals surface area contributed by atoms with Gasteiger partial charge < -0.3 is 14.9 Å². The van der Waals surface area contributed by atoms with Crippen LogP contribution in [0.4, 0.5) is 0 Å². The van der Waals surface area contributed by atoms with Crippen molar-refractivity contribution in [3.63, 3.8) is 0 Å². The predicted octanol–water partition coefficient (Wildman–Crippen LogP) is 1.75. The first kappa shape index (κ1) is 11.2. The van der Waals surface area contributed by atoms with E-state index in [0.717, 1.165) is 5.56 Å². The van der Waals surface area contributed by atoms with Crippen LogP contribution in [0, 0.1) is 5.41 Å². The van der Waals surface area contributed by atoms with E-state index in [9.17, 15) is 0 Å². The summed E-state index contributed by atoms with van der Waals surface area (Å²) in [6.45, 7) is 0. The number of nitrogens with one attached hydrogen (secondary N) is 1. The Morgan fingerprint density at radius 3 is 2.50 bits per heavy atom. The molecule has 0 bridgehead atoms. The molecule has 1 N–H and O–H groups in total. The molecular formula is C12H16N2O2. The summed E-state index contributed by atoms with van der Waals surface area (Å²) in [5.74, 6) is -0.534. The van der Waals surface area contributed by atoms with E-state index in [-0.39, 0.29) is 5.41 Å². The van der Waals surface area contributed by atoms with Gasteiger partial charge in [0, 0.05) is 51.1 Å². The third kappa shape index (κ3) is 1.54. The molecule has 0 amide bonds. The molecule has 4 nitrogen and oxygen atoms in total. The van der Waals surface area contributed by atoms with E-state index >= 15 is 0 Å². The van der Waals surface area contributed by atoms with Gasteiger partial charge in [-0.25, -0.2) is 0 Å². The summed E-state index contributed by atoms with van der Waals surface area (Å²) in [5, 5.41) is 7.61. The number of rotatable bonds is 4. The van der Waals surface area contributed by atoms with Crippen molar-refractivity contribution in [2.24, 2.45) is 0 Å². The van der Waals surface area contributed by atoms with Crippen LogP contribution in [-0.2, 0) is 14.9 Å². The molecule has 0 radical (unpaired) electrons. The van der Waals surface area contributed by atoms with Crippen molar-refractivity contribution in [3.8, 4) is 0 Å². The summed E-state index contributed by atoms with van der Waals surface area (Å²) in [7, 11) is 3.28. The van der Waals surface area contributed by atoms with Crippen molar-refractivity contribution in [2.75, 3.05) is 14.2 Å². The molecular weight excluding hydrogens is 204 g/mol. The lowest BCUT2D eigenvalue weighted by molar-refractivity contribution is -0.267. The van der Waals surface area contributed by atoms with Crippen LogP contribution in [0.2, 0.25) is 0 Å². The van der Waals surface area contributed by atoms with Gasteiger partial charge in [-0.1, -0.05) is 6.07 Å². The second-order valence-corrected chi connectivity index (χ2v) is 4.21. The van der Waals surface area contributed by atoms with Gasteiger partial charge in [-0.05, 0) is 11.6 Å². The Morgan fingerprint density at radius 2 is 2.06 bits per heavy atom. The smallest absolute Gasteiger partial charge is 0.169 e. The van der Waals surface area contributed by atoms with E-state index in [1.165, 1.54) is 6.21 Å². The monoisotopic (exact) mass is 220 g/mol. The van der Waals surface area contributed by atoms with Crippen LogP contribution in [0.25, 0.3) is 0 Å². The standard InChI is InChI=1S/C12H16N2O2/c1-15-12(16-2)7-11(8-12,9-13)10-4-3-5-14-6-10/h3-6,9,13H,7-8H2,1-2H3. The molecule has 1 saturated carbocycles. The zero-order valence-corrected chi connectivity index (χ0v) is 9.56. The number of hydrogen-bond acceptors (Lipinski definition) is 4. The summed E-state index contributed by atoms with van der Waals surface area (Å²) in [5.41, 5.74) is 0.773. The zero-order chi connectivity index (χ0) is 11.6. The predicted molar refractivity (Wildman–Crippen MR) is 60.7 cm³/mol. The molecule has 4 heteroatoms. The molecule has 1 aromatic rings. The average molecular weight is 220 g/mol. The Morgan fingerprint density at radius 1 is 1.38 bits per heavy atom. The van der Waals surface area contributed by atoms with Gasteiger partial charge in [0.25, 0.3) is 0 Å². The van der Waals surface area contributed by atoms with Gasteiger partial charge in [0.2, 0.25) is 0 Å². The molecule has 0 aromatic carbocycles. The van der Waals surface area contributed by atoms with E-state index < -0.39 is 5.79 Å². The first-order valence-electron chi connectivity index (χ1n) is 5.23. The average Bonchev–Trinajstić information content (AvgIpc) is 2.31. The maximum atomic E-state index is 7.61. The van der Waals surface area contributed by atoms with Gasteiger partial charge >= 0.3 is 0 Å². The van der Waals surface area contributed by atoms with Crippen LogP contribution in [0.1, 0.15) is 18.4 Å². The minimum absolute atomic E-state index is 0.278. The van der Waals surface area contributed by atoms with Crippen LogP contribution in [0.5, 0.6) is 0 Å². The van der Waals surface area contributed by atoms with Gasteiger partial charge in [-0.2, -0.15) is 0 Å². The van der Waals surface area contributed by atoms with Crippen molar-refractivity contribution in [1.29, 1.82) is 5.41 Å². The molecule has 0 aliphatic heterocycles. The third-order valence-corrected chi connectivity index (χ3v) is 3.43. The Kier molecular flexibility index (Phi) is 2.78. The van der Waals surface area contributed by atoms with E-state index in [2.05, 4.69) is 4.98 Å². The molecule has 1 aromatic heterocycles. The topological polar surface area (TPSA) is 55.2 Å². The Labute approximate surface area is 95.1 Å². The highest BCUT2D eigenvalue weighted by atomic mass is 16.7. The van der Waals surface area contributed by atoms with Crippen molar-refractivity contribution in [3.05, 3.63) is 30.1 Å². The quantitative estimate of drug-likeness (QED) is 0.621. The summed E-state index contributed by atoms with van der Waals surface area (Å²) >= 11 is 0. The van der Waals surface area contributed by atoms with E-state index in [1.54, 1.807) is 26.6 Å². The highest BCUT2D eigenvalue weighted by molar-refractivity contribution is 5.73. The number of aromatic nitrogens is 1. The van der Waals surface area contributed by atoms with Crippen molar-refractivity contribution in [1.82, 2.24) is 4.98 Å². The molecule has 16 heavy (non-hydrogen) atoms. The van der Waals surface area contributed by atoms with Crippen LogP contribution >= 0.6 is 0 Å². The maximum Gasteiger partial charge on any atom is 0.169 e. The number of pyridine rings is 1. The van der Waals surface area contributed by atoms with Gasteiger partial charge in [-0.15, -0.1) is 0 Å². The fourth-order valence-electron chi connectivity index (χ4n) is 2.33. The lowest BCUT2D eigenvalue weighted by atomic mass is 9.61. The highest BCUT2D eigenvalue weighted by Gasteiger charge is 2.55. The molecule has 1 aliphatic rings. The Hall–Kier alpha value is -1.26. The van der Waals surface area contributed by atoms with Gasteiger partial charge in [0.1, 0.15) is 0 Å². The molecule has 1 heterocycles. The lowest BCUT2D eigenvalue weighted by Crippen LogP contribution is -2.57. The second kappa shape index (κ2) is 3.96. The first-order chi connectivity index (χ1) is 7.70. The fraction of sp³-hybridized carbons (Fsp3) is 0.500. The van der Waals surface area contributed by atoms with E-state index in [0.29, 0.717) is 12.8 Å². The van der Waals surface area contributed by atoms with Crippen molar-refractivity contribution >= 4 is 6.21 Å². The van der Waals surface area contributed by atoms with Crippen molar-refractivity contribution in [2.45, 2.75) is 24.0 Å². The lowest BCUT2D eigenvalue weighted by Gasteiger charge is -2.52. The van der Waals surface area contributed by atoms with Crippen LogP contribution in [0.3, 0.4) is 0 Å². The number of ether oxygens (including phenoxy) is 2. The van der Waals surface area contributed by atoms with E-state index in [4.69, 9.17) is 14.9 Å². The summed E-state index contributed by atoms with van der Waals surface area (Å²) in [6.07, 6.45) is 6.35. The normalized spacial score (nSPS) is 21.1. The molecule has 0 saturated heterocycles. The first-order valence-corrected chi connectivity index (χ1v) is 5.23. The summed E-state index contributed by atoms with van der Waals surface area (Å²) in [6, 6.07) is 3.88. The minimum Gasteiger partial charge on any atom is -0.353 e. The van der Waals surface area contributed by atoms with Gasteiger partial charge in [0.15, 0.2) is 5.79 Å². The highest BCUT2D eigenvalue weighted by Crippen LogP contribution is 2.50. The number of methoxy groups -OCH3 is 2. The third-order valence-electron chi connectivity index (χ3n) is 3.43. The molecule has 0 atom stereocenters. The summed E-state index contributed by atoms with van der Waals surface area (Å²) < 4.78 is 10.7. The van der Waals surface area contributed by atoms with Gasteiger partial charge in [0.05, 0.1) is 0 Å². The molecule has 2 rings (SSSR count). The Bertz CT molecular complexity index is 366. The van der Waals surface area contributed by atoms with Crippen LogP contribution in [-0.4, -0.2) is 31.2 Å². The molecule has 0 spiro atoms. The molecule has 1 fully saturated rings. The molecule has 0 unspecified atom stereocenters. The fourth-order valence-corrected chi connectivity index (χ4v) is 2.33. The van der Waals surface area contributed by atoms with Crippen LogP contribution < -0.4 is 0 Å². The number of hydrogen-bond donors (Lipinski definition) is 1. The number of nitrogens with zero attached hydrogens (tertiary/aromatic N) is 1. The largest absolute Gasteiger partial charge is 0.353 e. The minimum atomic E-state index is -0.534.